The van der Waals surface area contributed by atoms with Crippen LogP contribution in [0.1, 0.15) is 16.1 Å². The van der Waals surface area contributed by atoms with Crippen LogP contribution >= 0.6 is 15.9 Å². The smallest absolute Gasteiger partial charge is 0.247 e. The highest BCUT2D eigenvalue weighted by Crippen LogP contribution is 2.23. The Kier molecular flexibility index (Phi) is 4.29. The summed E-state index contributed by atoms with van der Waals surface area (Å²) < 4.78 is 24.2. The van der Waals surface area contributed by atoms with Gasteiger partial charge in [-0.1, -0.05) is 15.9 Å². The maximum Gasteiger partial charge on any atom is 0.247 e. The van der Waals surface area contributed by atoms with E-state index in [4.69, 9.17) is 9.47 Å². The molecule has 0 atom stereocenters. The summed E-state index contributed by atoms with van der Waals surface area (Å²) in [6.45, 7) is 0. The molecule has 2 rings (SSSR count). The molecule has 0 unspecified atom stereocenters. The number of methoxy groups -OCH3 is 2. The third-order valence-electron chi connectivity index (χ3n) is 2.51. The first kappa shape index (κ1) is 14.4. The summed E-state index contributed by atoms with van der Waals surface area (Å²) in [5.74, 6) is -1.07. The molecule has 2 aromatic rings. The average molecular weight is 341 g/mol. The van der Waals surface area contributed by atoms with Gasteiger partial charge in [-0.05, 0) is 18.2 Å². The summed E-state index contributed by atoms with van der Waals surface area (Å²) in [6.07, 6.45) is 1.27. The van der Waals surface area contributed by atoms with Crippen LogP contribution in [-0.4, -0.2) is 30.0 Å². The molecule has 0 radical (unpaired) electrons. The zero-order valence-corrected chi connectivity index (χ0v) is 12.3. The molecular weight excluding hydrogens is 331 g/mol. The topological polar surface area (TPSA) is 61.3 Å². The van der Waals surface area contributed by atoms with Crippen molar-refractivity contribution in [2.24, 2.45) is 0 Å². The molecule has 0 aliphatic heterocycles. The number of ether oxygens (including phenoxy) is 2. The summed E-state index contributed by atoms with van der Waals surface area (Å²) in [5.41, 5.74) is -0.180. The fourth-order valence-electron chi connectivity index (χ4n) is 1.55. The highest BCUT2D eigenvalue weighted by molar-refractivity contribution is 9.10. The van der Waals surface area contributed by atoms with Gasteiger partial charge in [-0.15, -0.1) is 0 Å². The SMILES string of the molecule is COc1cnc(C(=O)c2ccc(Br)cc2F)c(OC)n1. The molecule has 20 heavy (non-hydrogen) atoms. The minimum Gasteiger partial charge on any atom is -0.480 e. The Hall–Kier alpha value is -2.02. The average Bonchev–Trinajstić information content (AvgIpc) is 2.46. The number of rotatable bonds is 4. The minimum atomic E-state index is -0.649. The molecule has 0 N–H and O–H groups in total. The second-order valence-electron chi connectivity index (χ2n) is 3.72. The molecule has 0 spiro atoms. The number of nitrogens with zero attached hydrogens (tertiary/aromatic N) is 2. The molecule has 0 bridgehead atoms. The summed E-state index contributed by atoms with van der Waals surface area (Å²) in [4.78, 5) is 20.1. The van der Waals surface area contributed by atoms with Gasteiger partial charge in [0.25, 0.3) is 0 Å². The van der Waals surface area contributed by atoms with Crippen molar-refractivity contribution < 1.29 is 18.7 Å². The highest BCUT2D eigenvalue weighted by atomic mass is 79.9. The van der Waals surface area contributed by atoms with Crippen LogP contribution in [0.2, 0.25) is 0 Å². The van der Waals surface area contributed by atoms with E-state index in [2.05, 4.69) is 25.9 Å². The monoisotopic (exact) mass is 340 g/mol. The molecule has 0 aliphatic rings. The van der Waals surface area contributed by atoms with Gasteiger partial charge in [0.05, 0.1) is 26.0 Å². The van der Waals surface area contributed by atoms with Crippen LogP contribution in [0, 0.1) is 5.82 Å². The number of benzene rings is 1. The molecule has 104 valence electrons. The number of ketones is 1. The van der Waals surface area contributed by atoms with E-state index in [0.29, 0.717) is 4.47 Å². The summed E-state index contributed by atoms with van der Waals surface area (Å²) in [5, 5.41) is 0. The third-order valence-corrected chi connectivity index (χ3v) is 3.00. The largest absolute Gasteiger partial charge is 0.480 e. The first-order chi connectivity index (χ1) is 9.56. The Morgan fingerprint density at radius 1 is 1.30 bits per heavy atom. The van der Waals surface area contributed by atoms with Crippen LogP contribution in [0.15, 0.2) is 28.9 Å². The lowest BCUT2D eigenvalue weighted by atomic mass is 10.1. The van der Waals surface area contributed by atoms with Crippen molar-refractivity contribution in [2.75, 3.05) is 14.2 Å². The molecule has 0 saturated carbocycles. The second kappa shape index (κ2) is 5.96. The van der Waals surface area contributed by atoms with E-state index in [1.165, 1.54) is 32.5 Å². The van der Waals surface area contributed by atoms with Gasteiger partial charge in [-0.25, -0.2) is 9.37 Å². The van der Waals surface area contributed by atoms with E-state index in [0.717, 1.165) is 0 Å². The number of aromatic nitrogens is 2. The van der Waals surface area contributed by atoms with Gasteiger partial charge in [-0.3, -0.25) is 4.79 Å². The van der Waals surface area contributed by atoms with E-state index in [9.17, 15) is 9.18 Å². The number of halogens is 2. The Balaban J connectivity index is 2.47. The standard InChI is InChI=1S/C13H10BrFN2O3/c1-19-10-6-16-11(13(17-10)20-2)12(18)8-4-3-7(14)5-9(8)15/h3-6H,1-2H3. The van der Waals surface area contributed by atoms with Crippen LogP contribution in [0.5, 0.6) is 11.8 Å². The molecule has 1 aromatic carbocycles. The summed E-state index contributed by atoms with van der Waals surface area (Å²) >= 11 is 3.13. The van der Waals surface area contributed by atoms with Gasteiger partial charge >= 0.3 is 0 Å². The van der Waals surface area contributed by atoms with Crippen LogP contribution in [0.25, 0.3) is 0 Å². The molecule has 7 heteroatoms. The van der Waals surface area contributed by atoms with Crippen molar-refractivity contribution in [2.45, 2.75) is 0 Å². The number of carbonyl (C=O) groups excluding carboxylic acids is 1. The van der Waals surface area contributed by atoms with Crippen molar-refractivity contribution >= 4 is 21.7 Å². The van der Waals surface area contributed by atoms with Crippen molar-refractivity contribution in [1.29, 1.82) is 0 Å². The van der Waals surface area contributed by atoms with Crippen molar-refractivity contribution in [3.05, 3.63) is 45.9 Å². The zero-order valence-electron chi connectivity index (χ0n) is 10.7. The second-order valence-corrected chi connectivity index (χ2v) is 4.64. The summed E-state index contributed by atoms with van der Waals surface area (Å²) in [7, 11) is 2.76. The first-order valence-electron chi connectivity index (χ1n) is 5.51. The van der Waals surface area contributed by atoms with Crippen LogP contribution in [0.4, 0.5) is 4.39 Å². The maximum absolute atomic E-state index is 13.8. The van der Waals surface area contributed by atoms with Crippen molar-refractivity contribution in [3.63, 3.8) is 0 Å². The van der Waals surface area contributed by atoms with Gasteiger partial charge in [0.15, 0.2) is 5.69 Å². The lowest BCUT2D eigenvalue weighted by Gasteiger charge is -2.08. The van der Waals surface area contributed by atoms with Crippen molar-refractivity contribution in [1.82, 2.24) is 9.97 Å². The summed E-state index contributed by atoms with van der Waals surface area (Å²) in [6, 6.07) is 4.14. The fraction of sp³-hybridized carbons (Fsp3) is 0.154. The lowest BCUT2D eigenvalue weighted by molar-refractivity contribution is 0.102. The van der Waals surface area contributed by atoms with Gasteiger partial charge in [0.2, 0.25) is 17.5 Å². The maximum atomic E-state index is 13.8. The molecule has 0 aliphatic carbocycles. The number of hydrogen-bond acceptors (Lipinski definition) is 5. The van der Waals surface area contributed by atoms with Gasteiger partial charge < -0.3 is 9.47 Å². The van der Waals surface area contributed by atoms with Crippen LogP contribution in [0.3, 0.4) is 0 Å². The third kappa shape index (κ3) is 2.77. The Morgan fingerprint density at radius 3 is 2.65 bits per heavy atom. The number of carbonyl (C=O) groups is 1. The fourth-order valence-corrected chi connectivity index (χ4v) is 1.89. The lowest BCUT2D eigenvalue weighted by Crippen LogP contribution is -2.10. The van der Waals surface area contributed by atoms with Gasteiger partial charge in [0, 0.05) is 4.47 Å². The predicted molar refractivity (Wildman–Crippen MR) is 72.7 cm³/mol. The van der Waals surface area contributed by atoms with Crippen LogP contribution < -0.4 is 9.47 Å². The Bertz CT molecular complexity index is 664. The molecule has 1 heterocycles. The molecule has 5 nitrogen and oxygen atoms in total. The van der Waals surface area contributed by atoms with Crippen LogP contribution in [-0.2, 0) is 0 Å². The quantitative estimate of drug-likeness (QED) is 0.800. The molecule has 0 saturated heterocycles. The first-order valence-corrected chi connectivity index (χ1v) is 6.31. The van der Waals surface area contributed by atoms with E-state index in [1.807, 2.05) is 0 Å². The van der Waals surface area contributed by atoms with E-state index in [1.54, 1.807) is 6.07 Å². The number of hydrogen-bond donors (Lipinski definition) is 0. The molecular formula is C13H10BrFN2O3. The highest BCUT2D eigenvalue weighted by Gasteiger charge is 2.21. The van der Waals surface area contributed by atoms with E-state index >= 15 is 0 Å². The van der Waals surface area contributed by atoms with Crippen molar-refractivity contribution in [3.8, 4) is 11.8 Å². The molecule has 0 fully saturated rings. The zero-order chi connectivity index (χ0) is 14.7. The van der Waals surface area contributed by atoms with Gasteiger partial charge in [-0.2, -0.15) is 4.98 Å². The van der Waals surface area contributed by atoms with E-state index < -0.39 is 11.6 Å². The Morgan fingerprint density at radius 2 is 2.05 bits per heavy atom. The molecule has 0 amide bonds. The minimum absolute atomic E-state index is 0.0170. The van der Waals surface area contributed by atoms with Gasteiger partial charge in [0.1, 0.15) is 5.82 Å². The normalized spacial score (nSPS) is 10.2. The predicted octanol–water partition coefficient (Wildman–Crippen LogP) is 2.63. The molecule has 1 aromatic heterocycles. The Labute approximate surface area is 122 Å². The van der Waals surface area contributed by atoms with E-state index in [-0.39, 0.29) is 23.0 Å².